The molecule has 0 saturated heterocycles. The number of hydrogen-bond acceptors (Lipinski definition) is 5. The van der Waals surface area contributed by atoms with Crippen LogP contribution in [-0.4, -0.2) is 30.2 Å². The highest BCUT2D eigenvalue weighted by molar-refractivity contribution is 7.14. The van der Waals surface area contributed by atoms with Crippen molar-refractivity contribution in [2.24, 2.45) is 0 Å². The number of aryl methyl sites for hydroxylation is 1. The summed E-state index contributed by atoms with van der Waals surface area (Å²) in [7, 11) is 0. The molecule has 4 heterocycles. The summed E-state index contributed by atoms with van der Waals surface area (Å²) in [4.78, 5) is 32.7. The molecule has 2 N–H and O–H groups in total. The molecule has 0 spiro atoms. The maximum Gasteiger partial charge on any atom is 0.346 e. The Morgan fingerprint density at radius 3 is 3.07 bits per heavy atom. The normalized spacial score (nSPS) is 13.9. The number of fused-ring (bicyclic) bond motifs is 2. The molecule has 0 aliphatic carbocycles. The predicted molar refractivity (Wildman–Crippen MR) is 112 cm³/mol. The zero-order valence-corrected chi connectivity index (χ0v) is 16.5. The average Bonchev–Trinajstić information content (AvgIpc) is 3.36. The van der Waals surface area contributed by atoms with Crippen molar-refractivity contribution in [3.05, 3.63) is 52.2 Å². The van der Waals surface area contributed by atoms with Crippen LogP contribution in [0.2, 0.25) is 0 Å². The minimum atomic E-state index is -0.305. The molecule has 9 heteroatoms. The topological polar surface area (TPSA) is 97.6 Å². The molecule has 29 heavy (non-hydrogen) atoms. The third-order valence-electron chi connectivity index (χ3n) is 5.19. The van der Waals surface area contributed by atoms with E-state index in [0.717, 1.165) is 53.7 Å². The lowest BCUT2D eigenvalue weighted by Gasteiger charge is -2.01. The van der Waals surface area contributed by atoms with Gasteiger partial charge in [-0.15, -0.1) is 11.3 Å². The Hall–Kier alpha value is -3.20. The highest BCUT2D eigenvalue weighted by atomic mass is 32.1. The first kappa shape index (κ1) is 17.9. The van der Waals surface area contributed by atoms with Gasteiger partial charge in [0.05, 0.1) is 5.69 Å². The Kier molecular flexibility index (Phi) is 4.51. The Bertz CT molecular complexity index is 1250. The van der Waals surface area contributed by atoms with Gasteiger partial charge >= 0.3 is 5.69 Å². The van der Waals surface area contributed by atoms with Crippen LogP contribution in [0.1, 0.15) is 25.1 Å². The SMILES string of the molecule is O=C(Cn1nc2n(c1=O)CCCCC2)Nc1nc(-c2c[nH]c3ccccc23)cs1. The maximum absolute atomic E-state index is 12.5. The molecule has 8 nitrogen and oxygen atoms in total. The second-order valence-electron chi connectivity index (χ2n) is 7.15. The van der Waals surface area contributed by atoms with Gasteiger partial charge in [0.2, 0.25) is 5.91 Å². The number of benzene rings is 1. The second-order valence-corrected chi connectivity index (χ2v) is 8.01. The molecule has 0 atom stereocenters. The number of anilines is 1. The fraction of sp³-hybridized carbons (Fsp3) is 0.300. The first-order valence-corrected chi connectivity index (χ1v) is 10.6. The van der Waals surface area contributed by atoms with Gasteiger partial charge in [0.25, 0.3) is 0 Å². The molecule has 0 fully saturated rings. The van der Waals surface area contributed by atoms with Gasteiger partial charge in [-0.2, -0.15) is 5.10 Å². The number of aromatic nitrogens is 5. The van der Waals surface area contributed by atoms with Gasteiger partial charge in [0.15, 0.2) is 5.13 Å². The van der Waals surface area contributed by atoms with E-state index in [9.17, 15) is 9.59 Å². The van der Waals surface area contributed by atoms with Gasteiger partial charge in [-0.05, 0) is 18.9 Å². The number of carbonyl (C=O) groups is 1. The largest absolute Gasteiger partial charge is 0.360 e. The van der Waals surface area contributed by atoms with E-state index in [1.165, 1.54) is 16.0 Å². The van der Waals surface area contributed by atoms with Crippen LogP contribution in [0.25, 0.3) is 22.2 Å². The molecular weight excluding hydrogens is 388 g/mol. The van der Waals surface area contributed by atoms with Crippen molar-refractivity contribution in [1.82, 2.24) is 24.3 Å². The van der Waals surface area contributed by atoms with E-state index in [1.807, 2.05) is 35.8 Å². The lowest BCUT2D eigenvalue weighted by molar-refractivity contribution is -0.117. The van der Waals surface area contributed by atoms with Crippen LogP contribution in [0.3, 0.4) is 0 Å². The summed E-state index contributed by atoms with van der Waals surface area (Å²) >= 11 is 1.36. The molecule has 1 aliphatic rings. The number of nitrogens with one attached hydrogen (secondary N) is 2. The van der Waals surface area contributed by atoms with Crippen LogP contribution in [0.4, 0.5) is 5.13 Å². The monoisotopic (exact) mass is 408 g/mol. The van der Waals surface area contributed by atoms with Crippen LogP contribution >= 0.6 is 11.3 Å². The number of aromatic amines is 1. The summed E-state index contributed by atoms with van der Waals surface area (Å²) in [5, 5.41) is 10.6. The summed E-state index contributed by atoms with van der Waals surface area (Å²) in [5.41, 5.74) is 2.62. The van der Waals surface area contributed by atoms with Gasteiger partial charge < -0.3 is 10.3 Å². The van der Waals surface area contributed by atoms with Crippen molar-refractivity contribution in [2.45, 2.75) is 38.8 Å². The van der Waals surface area contributed by atoms with E-state index in [1.54, 1.807) is 4.57 Å². The Balaban J connectivity index is 1.32. The van der Waals surface area contributed by atoms with Gasteiger partial charge in [0.1, 0.15) is 12.4 Å². The molecule has 0 saturated carbocycles. The molecule has 0 bridgehead atoms. The molecule has 5 rings (SSSR count). The Labute approximate surface area is 170 Å². The molecule has 1 amide bonds. The lowest BCUT2D eigenvalue weighted by Crippen LogP contribution is -2.30. The number of rotatable bonds is 4. The van der Waals surface area contributed by atoms with Crippen molar-refractivity contribution in [1.29, 1.82) is 0 Å². The van der Waals surface area contributed by atoms with E-state index >= 15 is 0 Å². The van der Waals surface area contributed by atoms with Gasteiger partial charge in [-0.3, -0.25) is 9.36 Å². The highest BCUT2D eigenvalue weighted by Crippen LogP contribution is 2.30. The maximum atomic E-state index is 12.5. The van der Waals surface area contributed by atoms with Crippen LogP contribution < -0.4 is 11.0 Å². The molecule has 148 valence electrons. The predicted octanol–water partition coefficient (Wildman–Crippen LogP) is 3.01. The number of nitrogens with zero attached hydrogens (tertiary/aromatic N) is 4. The molecule has 1 aliphatic heterocycles. The highest BCUT2D eigenvalue weighted by Gasteiger charge is 2.18. The van der Waals surface area contributed by atoms with Crippen LogP contribution in [0.5, 0.6) is 0 Å². The molecular formula is C20H20N6O2S. The number of H-pyrrole nitrogens is 1. The van der Waals surface area contributed by atoms with E-state index in [0.29, 0.717) is 11.7 Å². The first-order chi connectivity index (χ1) is 14.2. The number of para-hydroxylation sites is 1. The molecule has 1 aromatic carbocycles. The number of amides is 1. The fourth-order valence-electron chi connectivity index (χ4n) is 3.76. The average molecular weight is 408 g/mol. The summed E-state index contributed by atoms with van der Waals surface area (Å²) < 4.78 is 2.95. The number of thiazole rings is 1. The molecule has 4 aromatic rings. The minimum absolute atomic E-state index is 0.110. The minimum Gasteiger partial charge on any atom is -0.360 e. The summed E-state index contributed by atoms with van der Waals surface area (Å²) in [5.74, 6) is 0.469. The third-order valence-corrected chi connectivity index (χ3v) is 5.95. The quantitative estimate of drug-likeness (QED) is 0.542. The van der Waals surface area contributed by atoms with Crippen molar-refractivity contribution in [2.75, 3.05) is 5.32 Å². The summed E-state index contributed by atoms with van der Waals surface area (Å²) in [6, 6.07) is 8.01. The molecule has 0 radical (unpaired) electrons. The van der Waals surface area contributed by atoms with Gasteiger partial charge in [-0.25, -0.2) is 14.5 Å². The van der Waals surface area contributed by atoms with Gasteiger partial charge in [0, 0.05) is 41.0 Å². The van der Waals surface area contributed by atoms with Crippen LogP contribution in [0.15, 0.2) is 40.6 Å². The van der Waals surface area contributed by atoms with E-state index in [4.69, 9.17) is 0 Å². The Morgan fingerprint density at radius 2 is 2.14 bits per heavy atom. The standard InChI is InChI=1S/C20H20N6O2S/c27-18(11-26-20(28)25-9-5-1-2-8-17(25)24-26)23-19-22-16(12-29-19)14-10-21-15-7-4-3-6-13(14)15/h3-4,6-7,10,12,21H,1-2,5,8-9,11H2,(H,22,23,27). The third kappa shape index (κ3) is 3.38. The molecule has 0 unspecified atom stereocenters. The van der Waals surface area contributed by atoms with E-state index in [2.05, 4.69) is 20.4 Å². The number of hydrogen-bond donors (Lipinski definition) is 2. The van der Waals surface area contributed by atoms with Crippen LogP contribution in [0, 0.1) is 0 Å². The zero-order valence-electron chi connectivity index (χ0n) is 15.7. The first-order valence-electron chi connectivity index (χ1n) is 9.67. The van der Waals surface area contributed by atoms with Crippen molar-refractivity contribution in [3.63, 3.8) is 0 Å². The van der Waals surface area contributed by atoms with Crippen molar-refractivity contribution in [3.8, 4) is 11.3 Å². The van der Waals surface area contributed by atoms with Crippen molar-refractivity contribution < 1.29 is 4.79 Å². The van der Waals surface area contributed by atoms with Crippen LogP contribution in [-0.2, 0) is 24.3 Å². The summed E-state index contributed by atoms with van der Waals surface area (Å²) in [6.07, 6.45) is 5.80. The lowest BCUT2D eigenvalue weighted by atomic mass is 10.1. The smallest absolute Gasteiger partial charge is 0.346 e. The van der Waals surface area contributed by atoms with Crippen molar-refractivity contribution >= 4 is 33.3 Å². The van der Waals surface area contributed by atoms with E-state index < -0.39 is 0 Å². The summed E-state index contributed by atoms with van der Waals surface area (Å²) in [6.45, 7) is 0.567. The van der Waals surface area contributed by atoms with E-state index in [-0.39, 0.29) is 18.1 Å². The Morgan fingerprint density at radius 1 is 1.24 bits per heavy atom. The molecule has 3 aromatic heterocycles. The van der Waals surface area contributed by atoms with Gasteiger partial charge in [-0.1, -0.05) is 24.6 Å². The fourth-order valence-corrected chi connectivity index (χ4v) is 4.49. The zero-order chi connectivity index (χ0) is 19.8. The number of carbonyl (C=O) groups excluding carboxylic acids is 1. The second kappa shape index (κ2) is 7.32.